The van der Waals surface area contributed by atoms with Gasteiger partial charge in [0.2, 0.25) is 5.95 Å². The summed E-state index contributed by atoms with van der Waals surface area (Å²) in [5.74, 6) is 1.55. The van der Waals surface area contributed by atoms with Crippen molar-refractivity contribution in [1.82, 2.24) is 20.2 Å². The topological polar surface area (TPSA) is 69.7 Å². The van der Waals surface area contributed by atoms with Gasteiger partial charge < -0.3 is 10.2 Å². The van der Waals surface area contributed by atoms with Gasteiger partial charge in [-0.1, -0.05) is 36.4 Å². The van der Waals surface area contributed by atoms with E-state index in [1.807, 2.05) is 36.8 Å². The predicted octanol–water partition coefficient (Wildman–Crippen LogP) is 4.17. The molecule has 0 bridgehead atoms. The first-order chi connectivity index (χ1) is 13.8. The van der Waals surface area contributed by atoms with Crippen LogP contribution in [0.3, 0.4) is 0 Å². The first-order valence-corrected chi connectivity index (χ1v) is 9.36. The summed E-state index contributed by atoms with van der Waals surface area (Å²) < 4.78 is 0. The fraction of sp³-hybridized carbons (Fsp3) is 0.136. The average molecular weight is 368 g/mol. The van der Waals surface area contributed by atoms with Gasteiger partial charge in [-0.25, -0.2) is 4.98 Å². The quantitative estimate of drug-likeness (QED) is 0.566. The number of rotatable bonds is 4. The van der Waals surface area contributed by atoms with Gasteiger partial charge in [0.1, 0.15) is 5.82 Å². The van der Waals surface area contributed by atoms with Crippen LogP contribution in [-0.2, 0) is 13.0 Å². The van der Waals surface area contributed by atoms with E-state index < -0.39 is 0 Å². The number of hydrogen-bond donors (Lipinski definition) is 2. The lowest BCUT2D eigenvalue weighted by Crippen LogP contribution is -2.31. The first-order valence-electron chi connectivity index (χ1n) is 9.36. The Bertz CT molecular complexity index is 1070. The van der Waals surface area contributed by atoms with Crippen molar-refractivity contribution in [1.29, 1.82) is 0 Å². The Morgan fingerprint density at radius 1 is 0.929 bits per heavy atom. The molecule has 0 radical (unpaired) electrons. The Labute approximate surface area is 163 Å². The van der Waals surface area contributed by atoms with E-state index >= 15 is 0 Å². The molecule has 2 N–H and O–H groups in total. The van der Waals surface area contributed by atoms with Crippen molar-refractivity contribution in [2.75, 3.05) is 16.8 Å². The van der Waals surface area contributed by atoms with Gasteiger partial charge in [-0.05, 0) is 41.3 Å². The van der Waals surface area contributed by atoms with Crippen LogP contribution in [0.25, 0.3) is 11.1 Å². The second-order valence-corrected chi connectivity index (χ2v) is 6.87. The fourth-order valence-corrected chi connectivity index (χ4v) is 3.54. The second-order valence-electron chi connectivity index (χ2n) is 6.87. The molecule has 2 aromatic heterocycles. The number of fused-ring (bicyclic) bond motifs is 1. The molecule has 0 saturated heterocycles. The Balaban J connectivity index is 1.32. The van der Waals surface area contributed by atoms with Crippen LogP contribution >= 0.6 is 0 Å². The number of nitrogens with zero attached hydrogens (tertiary/aromatic N) is 4. The van der Waals surface area contributed by atoms with Crippen LogP contribution in [-0.4, -0.2) is 26.7 Å². The van der Waals surface area contributed by atoms with E-state index in [1.54, 1.807) is 0 Å². The predicted molar refractivity (Wildman–Crippen MR) is 111 cm³/mol. The lowest BCUT2D eigenvalue weighted by molar-refractivity contribution is 0.708. The molecule has 0 unspecified atom stereocenters. The van der Waals surface area contributed by atoms with Gasteiger partial charge in [0.05, 0.1) is 6.20 Å². The summed E-state index contributed by atoms with van der Waals surface area (Å²) in [6.07, 6.45) is 6.53. The molecule has 0 saturated carbocycles. The molecule has 5 rings (SSSR count). The summed E-state index contributed by atoms with van der Waals surface area (Å²) in [5.41, 5.74) is 5.95. The number of aromatic nitrogens is 4. The van der Waals surface area contributed by atoms with Crippen LogP contribution in [0, 0.1) is 0 Å². The van der Waals surface area contributed by atoms with Crippen molar-refractivity contribution in [3.8, 4) is 11.1 Å². The number of nitrogens with one attached hydrogen (secondary N) is 2. The fourth-order valence-electron chi connectivity index (χ4n) is 3.54. The summed E-state index contributed by atoms with van der Waals surface area (Å²) in [7, 11) is 0. The molecule has 4 aromatic rings. The van der Waals surface area contributed by atoms with Crippen molar-refractivity contribution >= 4 is 17.5 Å². The lowest BCUT2D eigenvalue weighted by atomic mass is 10.0. The molecule has 1 aliphatic rings. The zero-order valence-corrected chi connectivity index (χ0v) is 15.3. The van der Waals surface area contributed by atoms with Gasteiger partial charge in [-0.15, -0.1) is 0 Å². The maximum atomic E-state index is 4.73. The lowest BCUT2D eigenvalue weighted by Gasteiger charge is -2.28. The first kappa shape index (κ1) is 16.5. The third kappa shape index (κ3) is 3.32. The van der Waals surface area contributed by atoms with Gasteiger partial charge in [-0.3, -0.25) is 5.10 Å². The van der Waals surface area contributed by atoms with Crippen LogP contribution in [0.2, 0.25) is 0 Å². The SMILES string of the molecule is c1ccc2c(c1)CCN(c1nccc(Nc3ccc(-c4cn[nH]c4)cc3)n1)C2. The Morgan fingerprint density at radius 3 is 2.61 bits per heavy atom. The molecule has 0 aliphatic carbocycles. The largest absolute Gasteiger partial charge is 0.340 e. The molecule has 0 spiro atoms. The molecule has 0 fully saturated rings. The van der Waals surface area contributed by atoms with Crippen molar-refractivity contribution in [3.63, 3.8) is 0 Å². The van der Waals surface area contributed by atoms with Gasteiger partial charge in [0.25, 0.3) is 0 Å². The molecule has 6 heteroatoms. The summed E-state index contributed by atoms with van der Waals surface area (Å²) in [6, 6.07) is 18.7. The molecule has 28 heavy (non-hydrogen) atoms. The minimum absolute atomic E-state index is 0.759. The van der Waals surface area contributed by atoms with E-state index in [0.717, 1.165) is 48.1 Å². The zero-order chi connectivity index (χ0) is 18.8. The van der Waals surface area contributed by atoms with Crippen LogP contribution in [0.15, 0.2) is 73.2 Å². The van der Waals surface area contributed by atoms with Crippen LogP contribution < -0.4 is 10.2 Å². The van der Waals surface area contributed by atoms with Crippen molar-refractivity contribution in [3.05, 3.63) is 84.3 Å². The van der Waals surface area contributed by atoms with Gasteiger partial charge in [-0.2, -0.15) is 10.1 Å². The van der Waals surface area contributed by atoms with E-state index in [0.29, 0.717) is 0 Å². The Morgan fingerprint density at radius 2 is 1.79 bits per heavy atom. The molecule has 0 atom stereocenters. The Kier molecular flexibility index (Phi) is 4.21. The molecule has 6 nitrogen and oxygen atoms in total. The van der Waals surface area contributed by atoms with E-state index in [1.165, 1.54) is 11.1 Å². The molecule has 0 amide bonds. The maximum Gasteiger partial charge on any atom is 0.227 e. The summed E-state index contributed by atoms with van der Waals surface area (Å²) >= 11 is 0. The number of benzene rings is 2. The Hall–Kier alpha value is -3.67. The number of aromatic amines is 1. The van der Waals surface area contributed by atoms with Gasteiger partial charge >= 0.3 is 0 Å². The molecule has 2 aromatic carbocycles. The number of anilines is 3. The molecular weight excluding hydrogens is 348 g/mol. The summed E-state index contributed by atoms with van der Waals surface area (Å²) in [5, 5.41) is 10.2. The molecular formula is C22H20N6. The van der Waals surface area contributed by atoms with E-state index in [4.69, 9.17) is 4.98 Å². The number of hydrogen-bond acceptors (Lipinski definition) is 5. The van der Waals surface area contributed by atoms with E-state index in [2.05, 4.69) is 61.8 Å². The van der Waals surface area contributed by atoms with Gasteiger partial charge in [0.15, 0.2) is 0 Å². The van der Waals surface area contributed by atoms with E-state index in [9.17, 15) is 0 Å². The molecule has 1 aliphatic heterocycles. The monoisotopic (exact) mass is 368 g/mol. The second kappa shape index (κ2) is 7.15. The average Bonchev–Trinajstić information content (AvgIpc) is 3.29. The van der Waals surface area contributed by atoms with Crippen LogP contribution in [0.4, 0.5) is 17.5 Å². The zero-order valence-electron chi connectivity index (χ0n) is 15.3. The third-order valence-electron chi connectivity index (χ3n) is 5.05. The number of H-pyrrole nitrogens is 1. The van der Waals surface area contributed by atoms with Crippen LogP contribution in [0.5, 0.6) is 0 Å². The maximum absolute atomic E-state index is 4.73. The van der Waals surface area contributed by atoms with Crippen molar-refractivity contribution in [2.45, 2.75) is 13.0 Å². The van der Waals surface area contributed by atoms with Gasteiger partial charge in [0, 0.05) is 36.7 Å². The normalized spacial score (nSPS) is 13.2. The van der Waals surface area contributed by atoms with Crippen LogP contribution in [0.1, 0.15) is 11.1 Å². The highest BCUT2D eigenvalue weighted by Gasteiger charge is 2.18. The van der Waals surface area contributed by atoms with E-state index in [-0.39, 0.29) is 0 Å². The minimum Gasteiger partial charge on any atom is -0.340 e. The highest BCUT2D eigenvalue weighted by atomic mass is 15.3. The summed E-state index contributed by atoms with van der Waals surface area (Å²) in [4.78, 5) is 11.4. The highest BCUT2D eigenvalue weighted by Crippen LogP contribution is 2.24. The highest BCUT2D eigenvalue weighted by molar-refractivity contribution is 5.66. The van der Waals surface area contributed by atoms with Crippen molar-refractivity contribution in [2.24, 2.45) is 0 Å². The molecule has 3 heterocycles. The standard InChI is InChI=1S/C22H20N6/c1-2-4-18-15-28(12-10-16(18)3-1)22-23-11-9-21(27-22)26-20-7-5-17(6-8-20)19-13-24-25-14-19/h1-9,11,13-14H,10,12,15H2,(H,24,25)(H,23,26,27). The third-order valence-corrected chi connectivity index (χ3v) is 5.05. The molecule has 138 valence electrons. The minimum atomic E-state index is 0.759. The van der Waals surface area contributed by atoms with Crippen molar-refractivity contribution < 1.29 is 0 Å². The smallest absolute Gasteiger partial charge is 0.227 e. The summed E-state index contributed by atoms with van der Waals surface area (Å²) in [6.45, 7) is 1.78.